The number of halogens is 2. The van der Waals surface area contributed by atoms with Crippen molar-refractivity contribution in [3.63, 3.8) is 0 Å². The molecule has 1 aliphatic heterocycles. The Morgan fingerprint density at radius 2 is 1.62 bits per heavy atom. The molecule has 3 aromatic carbocycles. The lowest BCUT2D eigenvalue weighted by Crippen LogP contribution is -2.50. The molecule has 2 atom stereocenters. The van der Waals surface area contributed by atoms with Gasteiger partial charge in [-0.2, -0.15) is 4.31 Å². The number of hydrogen-bond donors (Lipinski definition) is 2. The molecule has 1 unspecified atom stereocenters. The van der Waals surface area contributed by atoms with Gasteiger partial charge in [-0.3, -0.25) is 4.79 Å². The number of nitrogens with zero attached hydrogens (tertiary/aromatic N) is 1. The molecule has 7 nitrogen and oxygen atoms in total. The Morgan fingerprint density at radius 3 is 2.18 bits per heavy atom. The summed E-state index contributed by atoms with van der Waals surface area (Å²) in [6.45, 7) is 3.86. The van der Waals surface area contributed by atoms with Crippen LogP contribution in [-0.4, -0.2) is 48.8 Å². The molecule has 1 aliphatic rings. The molecule has 1 heterocycles. The summed E-state index contributed by atoms with van der Waals surface area (Å²) >= 11 is 12.3. The van der Waals surface area contributed by atoms with Gasteiger partial charge in [0.25, 0.3) is 0 Å². The van der Waals surface area contributed by atoms with Gasteiger partial charge in [-0.15, -0.1) is 0 Å². The van der Waals surface area contributed by atoms with E-state index in [1.807, 2.05) is 48.5 Å². The molecule has 0 spiro atoms. The van der Waals surface area contributed by atoms with E-state index in [-0.39, 0.29) is 34.5 Å². The van der Waals surface area contributed by atoms with Gasteiger partial charge in [0.05, 0.1) is 16.0 Å². The van der Waals surface area contributed by atoms with Gasteiger partial charge in [-0.1, -0.05) is 90.5 Å². The third-order valence-corrected chi connectivity index (χ3v) is 9.58. The Morgan fingerprint density at radius 1 is 1.03 bits per heavy atom. The number of nitrogens with one attached hydrogen (secondary N) is 1. The van der Waals surface area contributed by atoms with Crippen molar-refractivity contribution in [3.8, 4) is 11.1 Å². The van der Waals surface area contributed by atoms with E-state index < -0.39 is 33.9 Å². The molecule has 204 valence electrons. The Hall–Kier alpha value is -3.17. The number of piperidine rings is 1. The fourth-order valence-electron chi connectivity index (χ4n) is 4.60. The van der Waals surface area contributed by atoms with Crippen molar-refractivity contribution >= 4 is 51.2 Å². The smallest absolute Gasteiger partial charge is 0.326 e. The van der Waals surface area contributed by atoms with Crippen molar-refractivity contribution in [1.29, 1.82) is 0 Å². The lowest BCUT2D eigenvalue weighted by atomic mass is 9.97. The molecule has 0 aliphatic carbocycles. The van der Waals surface area contributed by atoms with E-state index in [1.165, 1.54) is 16.4 Å². The minimum absolute atomic E-state index is 0.000173. The summed E-state index contributed by atoms with van der Waals surface area (Å²) < 4.78 is 27.7. The van der Waals surface area contributed by atoms with E-state index in [0.29, 0.717) is 12.8 Å². The number of carboxylic acids is 1. The fourth-order valence-corrected chi connectivity index (χ4v) is 7.22. The first kappa shape index (κ1) is 28.8. The summed E-state index contributed by atoms with van der Waals surface area (Å²) in [4.78, 5) is 24.9. The van der Waals surface area contributed by atoms with Crippen molar-refractivity contribution in [2.75, 3.05) is 13.1 Å². The Labute approximate surface area is 238 Å². The first-order valence-corrected chi connectivity index (χ1v) is 14.6. The minimum atomic E-state index is -4.05. The first-order valence-electron chi connectivity index (χ1n) is 12.4. The maximum absolute atomic E-state index is 13.3. The van der Waals surface area contributed by atoms with Crippen LogP contribution in [0, 0.1) is 5.92 Å². The van der Waals surface area contributed by atoms with E-state index in [1.54, 1.807) is 12.1 Å². The van der Waals surface area contributed by atoms with Gasteiger partial charge in [0.15, 0.2) is 0 Å². The second-order valence-corrected chi connectivity index (χ2v) is 12.1. The van der Waals surface area contributed by atoms with E-state index in [2.05, 4.69) is 11.9 Å². The molecule has 1 amide bonds. The first-order chi connectivity index (χ1) is 18.6. The largest absolute Gasteiger partial charge is 0.480 e. The summed E-state index contributed by atoms with van der Waals surface area (Å²) in [5, 5.41) is 12.4. The average Bonchev–Trinajstić information content (AvgIpc) is 2.93. The van der Waals surface area contributed by atoms with Gasteiger partial charge in [-0.05, 0) is 47.2 Å². The van der Waals surface area contributed by atoms with Gasteiger partial charge in [-0.25, -0.2) is 13.2 Å². The van der Waals surface area contributed by atoms with Crippen LogP contribution in [0.4, 0.5) is 0 Å². The number of aliphatic carboxylic acids is 1. The summed E-state index contributed by atoms with van der Waals surface area (Å²) in [6, 6.07) is 18.6. The number of rotatable bonds is 9. The number of carbonyl (C=O) groups is 2. The molecule has 0 radical (unpaired) electrons. The second kappa shape index (κ2) is 12.3. The quantitative estimate of drug-likeness (QED) is 0.344. The molecule has 10 heteroatoms. The van der Waals surface area contributed by atoms with E-state index >= 15 is 0 Å². The zero-order valence-corrected chi connectivity index (χ0v) is 23.3. The second-order valence-electron chi connectivity index (χ2n) is 9.38. The highest BCUT2D eigenvalue weighted by atomic mass is 35.5. The molecule has 0 bridgehead atoms. The average molecular weight is 588 g/mol. The maximum Gasteiger partial charge on any atom is 0.326 e. The number of carbonyl (C=O) groups excluding carboxylic acids is 1. The lowest BCUT2D eigenvalue weighted by Gasteiger charge is -2.32. The van der Waals surface area contributed by atoms with E-state index in [0.717, 1.165) is 22.3 Å². The van der Waals surface area contributed by atoms with Crippen molar-refractivity contribution in [2.45, 2.75) is 30.2 Å². The highest BCUT2D eigenvalue weighted by molar-refractivity contribution is 7.89. The molecule has 0 aromatic heterocycles. The standard InChI is InChI=1S/C29H28Cl2N2O5S/c1-2-19-8-12-21(13-9-19)22-14-10-20(11-15-22)17-26(29(35)36)32-28(34)23-5-4-16-33(18-23)39(37,38)27-24(30)6-3-7-25(27)31/h2-3,6-15,23,26H,1,4-5,16-18H2,(H,32,34)(H,35,36)/t23?,26-/m0/s1. The lowest BCUT2D eigenvalue weighted by molar-refractivity contribution is -0.142. The van der Waals surface area contributed by atoms with Crippen LogP contribution < -0.4 is 5.32 Å². The Bertz CT molecular complexity index is 1450. The van der Waals surface area contributed by atoms with Gasteiger partial charge in [0.1, 0.15) is 10.9 Å². The zero-order chi connectivity index (χ0) is 28.2. The molecule has 39 heavy (non-hydrogen) atoms. The van der Waals surface area contributed by atoms with Crippen molar-refractivity contribution < 1.29 is 23.1 Å². The molecule has 0 saturated carbocycles. The summed E-state index contributed by atoms with van der Waals surface area (Å²) in [7, 11) is -4.05. The van der Waals surface area contributed by atoms with Crippen molar-refractivity contribution in [2.24, 2.45) is 5.92 Å². The molecule has 2 N–H and O–H groups in total. The van der Waals surface area contributed by atoms with Gasteiger partial charge >= 0.3 is 5.97 Å². The van der Waals surface area contributed by atoms with Crippen LogP contribution in [0.25, 0.3) is 17.2 Å². The third-order valence-electron chi connectivity index (χ3n) is 6.76. The predicted octanol–water partition coefficient (Wildman–Crippen LogP) is 5.52. The highest BCUT2D eigenvalue weighted by Gasteiger charge is 2.36. The highest BCUT2D eigenvalue weighted by Crippen LogP contribution is 2.33. The molecule has 1 saturated heterocycles. The molecular formula is C29H28Cl2N2O5S. The monoisotopic (exact) mass is 586 g/mol. The number of hydrogen-bond acceptors (Lipinski definition) is 4. The summed E-state index contributed by atoms with van der Waals surface area (Å²) in [5.41, 5.74) is 3.76. The third kappa shape index (κ3) is 6.70. The zero-order valence-electron chi connectivity index (χ0n) is 21.0. The summed E-state index contributed by atoms with van der Waals surface area (Å²) in [6.07, 6.45) is 2.72. The van der Waals surface area contributed by atoms with Crippen LogP contribution in [0.3, 0.4) is 0 Å². The number of benzene rings is 3. The topological polar surface area (TPSA) is 104 Å². The number of sulfonamides is 1. The molecule has 4 rings (SSSR count). The SMILES string of the molecule is C=Cc1ccc(-c2ccc(C[C@H](NC(=O)C3CCCN(S(=O)(=O)c4c(Cl)cccc4Cl)C3)C(=O)O)cc2)cc1. The van der Waals surface area contributed by atoms with Crippen LogP contribution in [0.2, 0.25) is 10.0 Å². The summed E-state index contributed by atoms with van der Waals surface area (Å²) in [5.74, 6) is -2.39. The Kier molecular flexibility index (Phi) is 9.12. The van der Waals surface area contributed by atoms with Crippen molar-refractivity contribution in [3.05, 3.63) is 94.5 Å². The predicted molar refractivity (Wildman–Crippen MR) is 153 cm³/mol. The van der Waals surface area contributed by atoms with Crippen LogP contribution in [0.1, 0.15) is 24.0 Å². The molecular weight excluding hydrogens is 559 g/mol. The Balaban J connectivity index is 1.43. The number of amides is 1. The van der Waals surface area contributed by atoms with E-state index in [9.17, 15) is 23.1 Å². The normalized spacial score (nSPS) is 16.8. The maximum atomic E-state index is 13.3. The molecule has 1 fully saturated rings. The van der Waals surface area contributed by atoms with Crippen LogP contribution in [0.5, 0.6) is 0 Å². The van der Waals surface area contributed by atoms with Crippen molar-refractivity contribution in [1.82, 2.24) is 9.62 Å². The van der Waals surface area contributed by atoms with E-state index in [4.69, 9.17) is 23.2 Å². The van der Waals surface area contributed by atoms with Crippen LogP contribution in [0.15, 0.2) is 78.2 Å². The fraction of sp³-hybridized carbons (Fsp3) is 0.241. The van der Waals surface area contributed by atoms with Gasteiger partial charge in [0.2, 0.25) is 15.9 Å². The van der Waals surface area contributed by atoms with Gasteiger partial charge < -0.3 is 10.4 Å². The number of carboxylic acid groups (broad SMARTS) is 1. The van der Waals surface area contributed by atoms with Gasteiger partial charge in [0, 0.05) is 19.5 Å². The van der Waals surface area contributed by atoms with Crippen LogP contribution >= 0.6 is 23.2 Å². The molecule has 3 aromatic rings. The van der Waals surface area contributed by atoms with Crippen LogP contribution in [-0.2, 0) is 26.0 Å². The minimum Gasteiger partial charge on any atom is -0.480 e.